The van der Waals surface area contributed by atoms with E-state index in [1.54, 1.807) is 13.0 Å². The van der Waals surface area contributed by atoms with Crippen molar-refractivity contribution in [1.82, 2.24) is 0 Å². The first kappa shape index (κ1) is 11.5. The minimum absolute atomic E-state index is 0.320. The number of phenols is 1. The van der Waals surface area contributed by atoms with Crippen LogP contribution in [0.5, 0.6) is 5.75 Å². The van der Waals surface area contributed by atoms with E-state index >= 15 is 0 Å². The van der Waals surface area contributed by atoms with Crippen LogP contribution in [0, 0.1) is 11.7 Å². The number of esters is 1. The first-order valence-corrected chi connectivity index (χ1v) is 4.59. The van der Waals surface area contributed by atoms with Crippen molar-refractivity contribution < 1.29 is 19.0 Å². The Morgan fingerprint density at radius 2 is 2.27 bits per heavy atom. The topological polar surface area (TPSA) is 46.5 Å². The number of hydrogen-bond donors (Lipinski definition) is 1. The summed E-state index contributed by atoms with van der Waals surface area (Å²) in [5.41, 5.74) is 0.656. The molecule has 0 saturated heterocycles. The molecule has 15 heavy (non-hydrogen) atoms. The van der Waals surface area contributed by atoms with Crippen LogP contribution in [0.25, 0.3) is 0 Å². The number of halogens is 1. The number of rotatable bonds is 3. The lowest BCUT2D eigenvalue weighted by atomic mass is 10.0. The molecule has 82 valence electrons. The molecule has 0 aliphatic carbocycles. The van der Waals surface area contributed by atoms with E-state index in [1.165, 1.54) is 19.2 Å². The molecule has 0 amide bonds. The van der Waals surface area contributed by atoms with Gasteiger partial charge >= 0.3 is 5.97 Å². The van der Waals surface area contributed by atoms with E-state index in [1.807, 2.05) is 0 Å². The second kappa shape index (κ2) is 4.77. The van der Waals surface area contributed by atoms with Crippen LogP contribution in [-0.4, -0.2) is 18.2 Å². The van der Waals surface area contributed by atoms with E-state index in [9.17, 15) is 9.18 Å². The lowest BCUT2D eigenvalue weighted by molar-refractivity contribution is -0.144. The first-order valence-electron chi connectivity index (χ1n) is 4.59. The molecule has 1 atom stereocenters. The van der Waals surface area contributed by atoms with Crippen LogP contribution in [0.4, 0.5) is 4.39 Å². The Labute approximate surface area is 87.5 Å². The summed E-state index contributed by atoms with van der Waals surface area (Å²) in [5.74, 6) is -1.71. The SMILES string of the molecule is COC(=O)C(C)Cc1ccc(O)c(F)c1. The lowest BCUT2D eigenvalue weighted by Crippen LogP contribution is -2.15. The fourth-order valence-corrected chi connectivity index (χ4v) is 1.32. The molecule has 0 aromatic heterocycles. The van der Waals surface area contributed by atoms with E-state index in [2.05, 4.69) is 4.74 Å². The van der Waals surface area contributed by atoms with Crippen molar-refractivity contribution >= 4 is 5.97 Å². The van der Waals surface area contributed by atoms with Gasteiger partial charge in [-0.15, -0.1) is 0 Å². The maximum absolute atomic E-state index is 12.9. The van der Waals surface area contributed by atoms with Gasteiger partial charge in [0.2, 0.25) is 0 Å². The molecule has 1 rings (SSSR count). The molecular formula is C11H13FO3. The minimum atomic E-state index is -0.676. The largest absolute Gasteiger partial charge is 0.505 e. The highest BCUT2D eigenvalue weighted by atomic mass is 19.1. The monoisotopic (exact) mass is 212 g/mol. The predicted octanol–water partition coefficient (Wildman–Crippen LogP) is 1.88. The van der Waals surface area contributed by atoms with Crippen LogP contribution in [0.15, 0.2) is 18.2 Å². The third-order valence-electron chi connectivity index (χ3n) is 2.16. The van der Waals surface area contributed by atoms with Gasteiger partial charge in [-0.25, -0.2) is 4.39 Å². The van der Waals surface area contributed by atoms with Crippen molar-refractivity contribution in [2.45, 2.75) is 13.3 Å². The Balaban J connectivity index is 2.73. The summed E-state index contributed by atoms with van der Waals surface area (Å²) in [7, 11) is 1.32. The van der Waals surface area contributed by atoms with Crippen LogP contribution in [0.1, 0.15) is 12.5 Å². The van der Waals surface area contributed by atoms with Crippen LogP contribution in [0.2, 0.25) is 0 Å². The van der Waals surface area contributed by atoms with Crippen molar-refractivity contribution in [3.05, 3.63) is 29.6 Å². The summed E-state index contributed by atoms with van der Waals surface area (Å²) in [4.78, 5) is 11.1. The smallest absolute Gasteiger partial charge is 0.308 e. The first-order chi connectivity index (χ1) is 7.04. The normalized spacial score (nSPS) is 12.2. The van der Waals surface area contributed by atoms with Gasteiger partial charge in [0.25, 0.3) is 0 Å². The predicted molar refractivity (Wildman–Crippen MR) is 52.9 cm³/mol. The van der Waals surface area contributed by atoms with Crippen LogP contribution in [-0.2, 0) is 16.0 Å². The summed E-state index contributed by atoms with van der Waals surface area (Å²) < 4.78 is 17.5. The van der Waals surface area contributed by atoms with Gasteiger partial charge in [-0.1, -0.05) is 13.0 Å². The summed E-state index contributed by atoms with van der Waals surface area (Å²) in [6.45, 7) is 1.70. The summed E-state index contributed by atoms with van der Waals surface area (Å²) in [5, 5.41) is 8.97. The molecule has 0 saturated carbocycles. The zero-order valence-corrected chi connectivity index (χ0v) is 8.66. The fourth-order valence-electron chi connectivity index (χ4n) is 1.32. The van der Waals surface area contributed by atoms with Crippen molar-refractivity contribution in [2.75, 3.05) is 7.11 Å². The van der Waals surface area contributed by atoms with Gasteiger partial charge in [-0.3, -0.25) is 4.79 Å². The van der Waals surface area contributed by atoms with Crippen LogP contribution in [0.3, 0.4) is 0 Å². The molecule has 0 bridgehead atoms. The Morgan fingerprint density at radius 1 is 1.60 bits per heavy atom. The average molecular weight is 212 g/mol. The number of phenolic OH excluding ortho intramolecular Hbond substituents is 1. The summed E-state index contributed by atoms with van der Waals surface area (Å²) in [6, 6.07) is 4.07. The number of hydrogen-bond acceptors (Lipinski definition) is 3. The van der Waals surface area contributed by atoms with E-state index in [0.29, 0.717) is 12.0 Å². The maximum Gasteiger partial charge on any atom is 0.308 e. The second-order valence-electron chi connectivity index (χ2n) is 3.41. The summed E-state index contributed by atoms with van der Waals surface area (Å²) in [6.07, 6.45) is 0.393. The van der Waals surface area contributed by atoms with Gasteiger partial charge in [0, 0.05) is 0 Å². The average Bonchev–Trinajstić information content (AvgIpc) is 2.22. The molecule has 0 spiro atoms. The molecular weight excluding hydrogens is 199 g/mol. The fraction of sp³-hybridized carbons (Fsp3) is 0.364. The third kappa shape index (κ3) is 2.94. The van der Waals surface area contributed by atoms with E-state index in [0.717, 1.165) is 0 Å². The molecule has 4 heteroatoms. The highest BCUT2D eigenvalue weighted by molar-refractivity contribution is 5.72. The molecule has 0 aliphatic heterocycles. The number of carbonyl (C=O) groups excluding carboxylic acids is 1. The van der Waals surface area contributed by atoms with Crippen LogP contribution >= 0.6 is 0 Å². The van der Waals surface area contributed by atoms with Gasteiger partial charge in [0.1, 0.15) is 0 Å². The zero-order valence-electron chi connectivity index (χ0n) is 8.66. The van der Waals surface area contributed by atoms with Crippen molar-refractivity contribution in [2.24, 2.45) is 5.92 Å². The van der Waals surface area contributed by atoms with Crippen molar-refractivity contribution in [1.29, 1.82) is 0 Å². The highest BCUT2D eigenvalue weighted by Gasteiger charge is 2.14. The van der Waals surface area contributed by atoms with Crippen molar-refractivity contribution in [3.63, 3.8) is 0 Å². The third-order valence-corrected chi connectivity index (χ3v) is 2.16. The highest BCUT2D eigenvalue weighted by Crippen LogP contribution is 2.18. The minimum Gasteiger partial charge on any atom is -0.505 e. The molecule has 0 fully saturated rings. The van der Waals surface area contributed by atoms with Gasteiger partial charge in [0.15, 0.2) is 11.6 Å². The Morgan fingerprint density at radius 3 is 2.80 bits per heavy atom. The number of benzene rings is 1. The van der Waals surface area contributed by atoms with E-state index < -0.39 is 5.82 Å². The molecule has 0 heterocycles. The summed E-state index contributed by atoms with van der Waals surface area (Å²) >= 11 is 0. The number of aromatic hydroxyl groups is 1. The quantitative estimate of drug-likeness (QED) is 0.778. The van der Waals surface area contributed by atoms with Gasteiger partial charge < -0.3 is 9.84 Å². The van der Waals surface area contributed by atoms with E-state index in [4.69, 9.17) is 5.11 Å². The molecule has 0 aliphatic rings. The standard InChI is InChI=1S/C11H13FO3/c1-7(11(14)15-2)5-8-3-4-10(13)9(12)6-8/h3-4,6-7,13H,5H2,1-2H3. The Hall–Kier alpha value is -1.58. The lowest BCUT2D eigenvalue weighted by Gasteiger charge is -2.09. The zero-order chi connectivity index (χ0) is 11.4. The molecule has 1 N–H and O–H groups in total. The van der Waals surface area contributed by atoms with Gasteiger partial charge in [0.05, 0.1) is 13.0 Å². The van der Waals surface area contributed by atoms with Gasteiger partial charge in [-0.05, 0) is 24.1 Å². The maximum atomic E-state index is 12.9. The molecule has 1 unspecified atom stereocenters. The van der Waals surface area contributed by atoms with Crippen molar-refractivity contribution in [3.8, 4) is 5.75 Å². The number of carbonyl (C=O) groups is 1. The van der Waals surface area contributed by atoms with Gasteiger partial charge in [-0.2, -0.15) is 0 Å². The molecule has 0 radical (unpaired) electrons. The Bertz CT molecular complexity index is 363. The number of methoxy groups -OCH3 is 1. The molecule has 1 aromatic rings. The second-order valence-corrected chi connectivity index (χ2v) is 3.41. The van der Waals surface area contributed by atoms with E-state index in [-0.39, 0.29) is 17.6 Å². The Kier molecular flexibility index (Phi) is 3.66. The van der Waals surface area contributed by atoms with Crippen LogP contribution < -0.4 is 0 Å². The molecule has 1 aromatic carbocycles. The number of ether oxygens (including phenoxy) is 1. The molecule has 3 nitrogen and oxygen atoms in total.